The van der Waals surface area contributed by atoms with E-state index in [-0.39, 0.29) is 23.5 Å². The van der Waals surface area contributed by atoms with Crippen LogP contribution in [0.1, 0.15) is 26.3 Å². The number of esters is 1. The lowest BCUT2D eigenvalue weighted by Crippen LogP contribution is -2.40. The summed E-state index contributed by atoms with van der Waals surface area (Å²) in [5.74, 6) is -1.19. The second kappa shape index (κ2) is 9.04. The van der Waals surface area contributed by atoms with E-state index in [2.05, 4.69) is 0 Å². The Morgan fingerprint density at radius 2 is 1.83 bits per heavy atom. The van der Waals surface area contributed by atoms with Gasteiger partial charge in [0.15, 0.2) is 12.4 Å². The molecule has 0 spiro atoms. The summed E-state index contributed by atoms with van der Waals surface area (Å²) >= 11 is 5.86. The van der Waals surface area contributed by atoms with Crippen LogP contribution in [0.3, 0.4) is 0 Å². The molecule has 0 aliphatic carbocycles. The standard InChI is InChI=1S/C20H20ClNO6S/c1-14-5-6-16(12-19(14)29(25,26)22-7-9-27-10-8-22)20(24)28-13-18(23)15-3-2-4-17(21)11-15/h2-6,11-12H,7-10,13H2,1H3. The van der Waals surface area contributed by atoms with Crippen LogP contribution in [0, 0.1) is 6.92 Å². The minimum atomic E-state index is -3.76. The predicted octanol–water partition coefficient (Wildman–Crippen LogP) is 2.71. The van der Waals surface area contributed by atoms with Gasteiger partial charge in [-0.1, -0.05) is 29.8 Å². The van der Waals surface area contributed by atoms with Crippen molar-refractivity contribution in [3.05, 3.63) is 64.2 Å². The van der Waals surface area contributed by atoms with Gasteiger partial charge in [-0.25, -0.2) is 13.2 Å². The molecule has 7 nitrogen and oxygen atoms in total. The summed E-state index contributed by atoms with van der Waals surface area (Å²) in [7, 11) is -3.76. The number of carbonyl (C=O) groups is 2. The molecule has 0 atom stereocenters. The van der Waals surface area contributed by atoms with E-state index in [9.17, 15) is 18.0 Å². The SMILES string of the molecule is Cc1ccc(C(=O)OCC(=O)c2cccc(Cl)c2)cc1S(=O)(=O)N1CCOCC1. The molecule has 0 bridgehead atoms. The van der Waals surface area contributed by atoms with Crippen molar-refractivity contribution in [3.63, 3.8) is 0 Å². The van der Waals surface area contributed by atoms with E-state index in [0.29, 0.717) is 29.4 Å². The van der Waals surface area contributed by atoms with Crippen LogP contribution in [0.2, 0.25) is 5.02 Å². The molecule has 0 amide bonds. The molecular formula is C20H20ClNO6S. The maximum Gasteiger partial charge on any atom is 0.338 e. The highest BCUT2D eigenvalue weighted by Crippen LogP contribution is 2.23. The van der Waals surface area contributed by atoms with Crippen molar-refractivity contribution in [2.45, 2.75) is 11.8 Å². The maximum atomic E-state index is 12.9. The van der Waals surface area contributed by atoms with Crippen LogP contribution in [-0.2, 0) is 19.5 Å². The van der Waals surface area contributed by atoms with Crippen LogP contribution in [0.25, 0.3) is 0 Å². The fourth-order valence-corrected chi connectivity index (χ4v) is 4.74. The van der Waals surface area contributed by atoms with Crippen LogP contribution in [0.4, 0.5) is 0 Å². The number of benzene rings is 2. The molecule has 1 saturated heterocycles. The van der Waals surface area contributed by atoms with Crippen LogP contribution >= 0.6 is 11.6 Å². The number of hydrogen-bond donors (Lipinski definition) is 0. The van der Waals surface area contributed by atoms with Crippen molar-refractivity contribution >= 4 is 33.4 Å². The van der Waals surface area contributed by atoms with Gasteiger partial charge in [0.1, 0.15) is 0 Å². The van der Waals surface area contributed by atoms with Gasteiger partial charge in [0.2, 0.25) is 10.0 Å². The van der Waals surface area contributed by atoms with Crippen molar-refractivity contribution in [3.8, 4) is 0 Å². The number of carbonyl (C=O) groups excluding carboxylic acids is 2. The van der Waals surface area contributed by atoms with Gasteiger partial charge < -0.3 is 9.47 Å². The van der Waals surface area contributed by atoms with Gasteiger partial charge in [0.05, 0.1) is 23.7 Å². The van der Waals surface area contributed by atoms with Crippen LogP contribution in [0.15, 0.2) is 47.4 Å². The van der Waals surface area contributed by atoms with Crippen molar-refractivity contribution in [2.24, 2.45) is 0 Å². The average Bonchev–Trinajstić information content (AvgIpc) is 2.72. The van der Waals surface area contributed by atoms with Crippen molar-refractivity contribution in [1.29, 1.82) is 0 Å². The molecule has 2 aromatic rings. The van der Waals surface area contributed by atoms with Gasteiger partial charge in [0, 0.05) is 23.7 Å². The minimum absolute atomic E-state index is 0.0371. The molecule has 0 aromatic heterocycles. The molecule has 1 aliphatic rings. The Balaban J connectivity index is 1.74. The van der Waals surface area contributed by atoms with Crippen molar-refractivity contribution < 1.29 is 27.5 Å². The number of rotatable bonds is 6. The van der Waals surface area contributed by atoms with Gasteiger partial charge >= 0.3 is 5.97 Å². The molecule has 3 rings (SSSR count). The van der Waals surface area contributed by atoms with E-state index in [4.69, 9.17) is 21.1 Å². The largest absolute Gasteiger partial charge is 0.454 e. The first-order valence-corrected chi connectivity index (χ1v) is 10.8. The van der Waals surface area contributed by atoms with Gasteiger partial charge in [-0.2, -0.15) is 4.31 Å². The highest BCUT2D eigenvalue weighted by molar-refractivity contribution is 7.89. The highest BCUT2D eigenvalue weighted by Gasteiger charge is 2.28. The van der Waals surface area contributed by atoms with E-state index in [1.165, 1.54) is 22.5 Å². The molecule has 29 heavy (non-hydrogen) atoms. The fraction of sp³-hybridized carbons (Fsp3) is 0.300. The lowest BCUT2D eigenvalue weighted by Gasteiger charge is -2.26. The maximum absolute atomic E-state index is 12.9. The monoisotopic (exact) mass is 437 g/mol. The Kier molecular flexibility index (Phi) is 6.69. The zero-order valence-electron chi connectivity index (χ0n) is 15.8. The Hall–Kier alpha value is -2.26. The Morgan fingerprint density at radius 1 is 1.10 bits per heavy atom. The molecule has 1 heterocycles. The number of sulfonamides is 1. The number of halogens is 1. The van der Waals surface area contributed by atoms with Crippen molar-refractivity contribution in [1.82, 2.24) is 4.31 Å². The third-order valence-corrected chi connectivity index (χ3v) is 6.77. The Labute approximate surface area is 174 Å². The number of hydrogen-bond acceptors (Lipinski definition) is 6. The van der Waals surface area contributed by atoms with Gasteiger partial charge in [-0.15, -0.1) is 0 Å². The first kappa shape index (κ1) is 21.4. The zero-order chi connectivity index (χ0) is 21.0. The van der Waals surface area contributed by atoms with Gasteiger partial charge in [-0.3, -0.25) is 4.79 Å². The topological polar surface area (TPSA) is 90.0 Å². The number of ether oxygens (including phenoxy) is 2. The van der Waals surface area contributed by atoms with Crippen LogP contribution in [0.5, 0.6) is 0 Å². The smallest absolute Gasteiger partial charge is 0.338 e. The summed E-state index contributed by atoms with van der Waals surface area (Å²) in [5.41, 5.74) is 0.897. The summed E-state index contributed by atoms with van der Waals surface area (Å²) in [5, 5.41) is 0.402. The van der Waals surface area contributed by atoms with Crippen molar-refractivity contribution in [2.75, 3.05) is 32.9 Å². The van der Waals surface area contributed by atoms with E-state index < -0.39 is 28.4 Å². The number of nitrogens with zero attached hydrogens (tertiary/aromatic N) is 1. The van der Waals surface area contributed by atoms with E-state index in [0.717, 1.165) is 0 Å². The normalized spacial score (nSPS) is 15.1. The quantitative estimate of drug-likeness (QED) is 0.510. The zero-order valence-corrected chi connectivity index (χ0v) is 17.3. The lowest BCUT2D eigenvalue weighted by molar-refractivity contribution is 0.0474. The fourth-order valence-electron chi connectivity index (χ4n) is 2.89. The number of morpholine rings is 1. The number of ketones is 1. The molecule has 0 radical (unpaired) electrons. The van der Waals surface area contributed by atoms with Gasteiger partial charge in [-0.05, 0) is 36.8 Å². The summed E-state index contributed by atoms with van der Waals surface area (Å²) in [4.78, 5) is 24.6. The third kappa shape index (κ3) is 5.02. The summed E-state index contributed by atoms with van der Waals surface area (Å²) in [6, 6.07) is 10.6. The molecular weight excluding hydrogens is 418 g/mol. The Bertz CT molecular complexity index is 1030. The molecule has 154 valence electrons. The Morgan fingerprint density at radius 3 is 2.52 bits per heavy atom. The first-order chi connectivity index (χ1) is 13.8. The van der Waals surface area contributed by atoms with E-state index in [1.54, 1.807) is 31.2 Å². The first-order valence-electron chi connectivity index (χ1n) is 8.93. The molecule has 9 heteroatoms. The molecule has 2 aromatic carbocycles. The van der Waals surface area contributed by atoms with E-state index in [1.807, 2.05) is 0 Å². The second-order valence-corrected chi connectivity index (χ2v) is 8.85. The molecule has 0 unspecified atom stereocenters. The second-order valence-electron chi connectivity index (χ2n) is 6.51. The molecule has 0 N–H and O–H groups in total. The summed E-state index contributed by atoms with van der Waals surface area (Å²) < 4.78 is 37.4. The molecule has 0 saturated carbocycles. The lowest BCUT2D eigenvalue weighted by atomic mass is 10.1. The van der Waals surface area contributed by atoms with Crippen LogP contribution < -0.4 is 0 Å². The highest BCUT2D eigenvalue weighted by atomic mass is 35.5. The number of aryl methyl sites for hydroxylation is 1. The number of Topliss-reactive ketones (excluding diaryl/α,β-unsaturated/α-hetero) is 1. The molecule has 1 fully saturated rings. The predicted molar refractivity (Wildman–Crippen MR) is 107 cm³/mol. The molecule has 1 aliphatic heterocycles. The minimum Gasteiger partial charge on any atom is -0.454 e. The van der Waals surface area contributed by atoms with Gasteiger partial charge in [0.25, 0.3) is 0 Å². The van der Waals surface area contributed by atoms with Crippen LogP contribution in [-0.4, -0.2) is 57.4 Å². The van der Waals surface area contributed by atoms with E-state index >= 15 is 0 Å². The summed E-state index contributed by atoms with van der Waals surface area (Å²) in [6.07, 6.45) is 0. The average molecular weight is 438 g/mol. The summed E-state index contributed by atoms with van der Waals surface area (Å²) in [6.45, 7) is 2.34. The third-order valence-electron chi connectivity index (χ3n) is 4.49.